The molecule has 76 valence electrons. The van der Waals surface area contributed by atoms with E-state index >= 15 is 0 Å². The van der Waals surface area contributed by atoms with Gasteiger partial charge in [0.1, 0.15) is 6.73 Å². The highest BCUT2D eigenvalue weighted by Gasteiger charge is 2.07. The second-order valence-corrected chi connectivity index (χ2v) is 3.17. The lowest BCUT2D eigenvalue weighted by atomic mass is 10.3. The second-order valence-electron chi connectivity index (χ2n) is 3.17. The number of hydrogen-bond donors (Lipinski definition) is 0. The molecule has 13 heavy (non-hydrogen) atoms. The van der Waals surface area contributed by atoms with Crippen LogP contribution in [0.5, 0.6) is 0 Å². The molecule has 0 rings (SSSR count). The molecule has 0 saturated heterocycles. The van der Waals surface area contributed by atoms with Gasteiger partial charge in [-0.2, -0.15) is 0 Å². The smallest absolute Gasteiger partial charge is 0.250 e. The van der Waals surface area contributed by atoms with Crippen molar-refractivity contribution in [1.82, 2.24) is 4.90 Å². The topological polar surface area (TPSA) is 29.5 Å². The predicted molar refractivity (Wildman–Crippen MR) is 53.3 cm³/mol. The summed E-state index contributed by atoms with van der Waals surface area (Å²) in [7, 11) is 1.71. The van der Waals surface area contributed by atoms with E-state index in [-0.39, 0.29) is 5.91 Å². The van der Waals surface area contributed by atoms with Crippen LogP contribution in [0, 0.1) is 0 Å². The molecule has 0 radical (unpaired) electrons. The van der Waals surface area contributed by atoms with Gasteiger partial charge in [0.25, 0.3) is 0 Å². The summed E-state index contributed by atoms with van der Waals surface area (Å²) in [5, 5.41) is 0. The molecule has 0 aliphatic carbocycles. The standard InChI is InChI=1S/C10H19NO2/c1-5-6-7-13-8-11(4)10(12)9(2)3/h2,5-8H2,1,3-4H3. The Morgan fingerprint density at radius 2 is 2.15 bits per heavy atom. The summed E-state index contributed by atoms with van der Waals surface area (Å²) in [5.41, 5.74) is 0.543. The van der Waals surface area contributed by atoms with Crippen molar-refractivity contribution in [2.24, 2.45) is 0 Å². The first-order valence-corrected chi connectivity index (χ1v) is 4.58. The number of carbonyl (C=O) groups excluding carboxylic acids is 1. The van der Waals surface area contributed by atoms with Gasteiger partial charge in [-0.05, 0) is 13.3 Å². The fourth-order valence-corrected chi connectivity index (χ4v) is 0.832. The third-order valence-electron chi connectivity index (χ3n) is 1.64. The fraction of sp³-hybridized carbons (Fsp3) is 0.700. The minimum atomic E-state index is -0.0588. The van der Waals surface area contributed by atoms with Crippen molar-refractivity contribution < 1.29 is 9.53 Å². The van der Waals surface area contributed by atoms with Gasteiger partial charge in [0.2, 0.25) is 5.91 Å². The van der Waals surface area contributed by atoms with Crippen LogP contribution in [0.2, 0.25) is 0 Å². The molecule has 0 spiro atoms. The van der Waals surface area contributed by atoms with Crippen LogP contribution in [0.25, 0.3) is 0 Å². The van der Waals surface area contributed by atoms with Crippen LogP contribution < -0.4 is 0 Å². The zero-order valence-electron chi connectivity index (χ0n) is 8.80. The molecule has 0 unspecified atom stereocenters. The normalized spacial score (nSPS) is 9.77. The summed E-state index contributed by atoms with van der Waals surface area (Å²) in [6.45, 7) is 8.44. The van der Waals surface area contributed by atoms with Crippen molar-refractivity contribution in [2.45, 2.75) is 26.7 Å². The first kappa shape index (κ1) is 12.2. The summed E-state index contributed by atoms with van der Waals surface area (Å²) < 4.78 is 5.27. The predicted octanol–water partition coefficient (Wildman–Crippen LogP) is 1.80. The maximum atomic E-state index is 11.3. The molecule has 0 heterocycles. The molecule has 0 aromatic rings. The zero-order valence-corrected chi connectivity index (χ0v) is 8.80. The molecule has 0 aliphatic rings. The molecular weight excluding hydrogens is 166 g/mol. The number of nitrogens with zero attached hydrogens (tertiary/aromatic N) is 1. The van der Waals surface area contributed by atoms with Crippen LogP contribution in [-0.4, -0.2) is 31.2 Å². The van der Waals surface area contributed by atoms with Gasteiger partial charge in [-0.3, -0.25) is 4.79 Å². The van der Waals surface area contributed by atoms with Gasteiger partial charge < -0.3 is 9.64 Å². The summed E-state index contributed by atoms with van der Waals surface area (Å²) in [6.07, 6.45) is 2.15. The van der Waals surface area contributed by atoms with Gasteiger partial charge in [0.05, 0.1) is 0 Å². The average molecular weight is 185 g/mol. The molecular formula is C10H19NO2. The zero-order chi connectivity index (χ0) is 10.3. The molecule has 0 atom stereocenters. The van der Waals surface area contributed by atoms with Crippen molar-refractivity contribution in [3.8, 4) is 0 Å². The molecule has 0 aromatic carbocycles. The number of rotatable bonds is 6. The van der Waals surface area contributed by atoms with E-state index in [0.29, 0.717) is 18.9 Å². The number of amides is 1. The van der Waals surface area contributed by atoms with E-state index in [1.54, 1.807) is 14.0 Å². The molecule has 0 fully saturated rings. The Balaban J connectivity index is 3.56. The average Bonchev–Trinajstić information content (AvgIpc) is 2.10. The van der Waals surface area contributed by atoms with E-state index < -0.39 is 0 Å². The van der Waals surface area contributed by atoms with Crippen LogP contribution in [-0.2, 0) is 9.53 Å². The highest BCUT2D eigenvalue weighted by molar-refractivity contribution is 5.91. The van der Waals surface area contributed by atoms with Crippen molar-refractivity contribution in [2.75, 3.05) is 20.4 Å². The molecule has 1 amide bonds. The first-order chi connectivity index (χ1) is 6.09. The fourth-order valence-electron chi connectivity index (χ4n) is 0.832. The summed E-state index contributed by atoms with van der Waals surface area (Å²) >= 11 is 0. The maximum absolute atomic E-state index is 11.3. The highest BCUT2D eigenvalue weighted by Crippen LogP contribution is 1.96. The van der Waals surface area contributed by atoms with Crippen LogP contribution in [0.4, 0.5) is 0 Å². The molecule has 0 saturated carbocycles. The van der Waals surface area contributed by atoms with Crippen LogP contribution in [0.15, 0.2) is 12.2 Å². The molecule has 0 bridgehead atoms. The third kappa shape index (κ3) is 5.42. The number of likely N-dealkylation sites (N-methyl/N-ethyl adjacent to an activating group) is 1. The van der Waals surface area contributed by atoms with Crippen molar-refractivity contribution in [3.63, 3.8) is 0 Å². The van der Waals surface area contributed by atoms with Gasteiger partial charge in [0.15, 0.2) is 0 Å². The minimum Gasteiger partial charge on any atom is -0.361 e. The lowest BCUT2D eigenvalue weighted by molar-refractivity contribution is -0.130. The molecule has 0 N–H and O–H groups in total. The van der Waals surface area contributed by atoms with Crippen molar-refractivity contribution in [3.05, 3.63) is 12.2 Å². The van der Waals surface area contributed by atoms with E-state index in [1.165, 1.54) is 4.90 Å². The molecule has 0 aromatic heterocycles. The lowest BCUT2D eigenvalue weighted by Crippen LogP contribution is -2.29. The number of ether oxygens (including phenoxy) is 1. The number of carbonyl (C=O) groups is 1. The first-order valence-electron chi connectivity index (χ1n) is 4.58. The van der Waals surface area contributed by atoms with Crippen LogP contribution in [0.1, 0.15) is 26.7 Å². The Kier molecular flexibility index (Phi) is 6.24. The highest BCUT2D eigenvalue weighted by atomic mass is 16.5. The summed E-state index contributed by atoms with van der Waals surface area (Å²) in [5.74, 6) is -0.0588. The van der Waals surface area contributed by atoms with Gasteiger partial charge >= 0.3 is 0 Å². The van der Waals surface area contributed by atoms with Gasteiger partial charge in [0, 0.05) is 19.2 Å². The number of unbranched alkanes of at least 4 members (excludes halogenated alkanes) is 1. The third-order valence-corrected chi connectivity index (χ3v) is 1.64. The van der Waals surface area contributed by atoms with Crippen molar-refractivity contribution in [1.29, 1.82) is 0 Å². The van der Waals surface area contributed by atoms with Gasteiger partial charge in [-0.1, -0.05) is 19.9 Å². The monoisotopic (exact) mass is 185 g/mol. The van der Waals surface area contributed by atoms with Gasteiger partial charge in [-0.25, -0.2) is 0 Å². The SMILES string of the molecule is C=C(C)C(=O)N(C)COCCCC. The maximum Gasteiger partial charge on any atom is 0.250 e. The Morgan fingerprint density at radius 1 is 1.54 bits per heavy atom. The van der Waals surface area contributed by atoms with E-state index in [2.05, 4.69) is 13.5 Å². The van der Waals surface area contributed by atoms with Gasteiger partial charge in [-0.15, -0.1) is 0 Å². The van der Waals surface area contributed by atoms with Crippen molar-refractivity contribution >= 4 is 5.91 Å². The van der Waals surface area contributed by atoms with E-state index in [0.717, 1.165) is 12.8 Å². The van der Waals surface area contributed by atoms with Crippen LogP contribution in [0.3, 0.4) is 0 Å². The van der Waals surface area contributed by atoms with E-state index in [9.17, 15) is 4.79 Å². The second kappa shape index (κ2) is 6.66. The summed E-state index contributed by atoms with van der Waals surface area (Å²) in [4.78, 5) is 12.8. The Hall–Kier alpha value is -0.830. The Labute approximate surface area is 80.4 Å². The minimum absolute atomic E-state index is 0.0588. The van der Waals surface area contributed by atoms with E-state index in [1.807, 2.05) is 0 Å². The Morgan fingerprint density at radius 3 is 2.62 bits per heavy atom. The lowest BCUT2D eigenvalue weighted by Gasteiger charge is -2.16. The van der Waals surface area contributed by atoms with Crippen LogP contribution >= 0.6 is 0 Å². The Bertz CT molecular complexity index is 178. The molecule has 3 heteroatoms. The summed E-state index contributed by atoms with van der Waals surface area (Å²) in [6, 6.07) is 0. The molecule has 3 nitrogen and oxygen atoms in total. The number of hydrogen-bond acceptors (Lipinski definition) is 2. The molecule has 0 aliphatic heterocycles. The quantitative estimate of drug-likeness (QED) is 0.359. The largest absolute Gasteiger partial charge is 0.361 e. The van der Waals surface area contributed by atoms with E-state index in [4.69, 9.17) is 4.74 Å².